The molecule has 3 N–H and O–H groups in total. The molecule has 3 aromatic rings. The van der Waals surface area contributed by atoms with E-state index in [-0.39, 0.29) is 18.8 Å². The SMILES string of the molecule is CC(C)(C)OC(=O)N[C@@H](CSc1[nH]c2cc(OCc3ccccc3)ccc2c1C[C@H](NC(=O)OCC[Si](C)(C)C)C(=O)OCC(Cl)(Cl)Cl)C(=O)OC(C)(C)C. The Labute approximate surface area is 343 Å². The predicted molar refractivity (Wildman–Crippen MR) is 220 cm³/mol. The summed E-state index contributed by atoms with van der Waals surface area (Å²) in [4.78, 5) is 56.1. The number of benzene rings is 2. The zero-order valence-corrected chi connectivity index (χ0v) is 36.8. The zero-order chi connectivity index (χ0) is 41.2. The molecule has 0 aliphatic rings. The van der Waals surface area contributed by atoms with Gasteiger partial charge in [0.1, 0.15) is 42.2 Å². The first-order chi connectivity index (χ1) is 25.4. The van der Waals surface area contributed by atoms with Crippen LogP contribution >= 0.6 is 46.6 Å². The Bertz CT molecular complexity index is 1770. The number of H-pyrrole nitrogens is 1. The Balaban J connectivity index is 2.02. The van der Waals surface area contributed by atoms with Gasteiger partial charge in [0.2, 0.25) is 3.79 Å². The maximum atomic E-state index is 13.5. The maximum Gasteiger partial charge on any atom is 0.408 e. The standard InChI is InChI=1S/C38H52Cl3N3O9SSi/c1-36(2,3)52-33(46)30(44-35(48)53-37(4,5)6)22-54-31-27(26-16-15-25(19-28(26)42-31)50-21-24-13-11-10-12-14-24)20-29(32(45)51-23-38(39,40)41)43-34(47)49-17-18-55(7,8)9/h10-16,19,29-30,42H,17-18,20-23H2,1-9H3,(H,43,47)(H,44,48)/t29-,30-/m0/s1. The molecule has 0 unspecified atom stereocenters. The quantitative estimate of drug-likeness (QED) is 0.0418. The van der Waals surface area contributed by atoms with Crippen LogP contribution in [0.1, 0.15) is 52.7 Å². The fraction of sp³-hybridized carbons (Fsp3) is 0.526. The number of alkyl carbamates (subject to hydrolysis) is 2. The molecule has 1 heterocycles. The Morgan fingerprint density at radius 1 is 0.818 bits per heavy atom. The summed E-state index contributed by atoms with van der Waals surface area (Å²) >= 11 is 18.8. The van der Waals surface area contributed by atoms with Crippen molar-refractivity contribution < 1.29 is 42.9 Å². The van der Waals surface area contributed by atoms with Crippen LogP contribution in [-0.4, -0.2) is 83.2 Å². The lowest BCUT2D eigenvalue weighted by Crippen LogP contribution is -2.47. The molecular weight excluding hydrogens is 809 g/mol. The molecular formula is C38H52Cl3N3O9SSi. The largest absolute Gasteiger partial charge is 0.489 e. The average molecular weight is 861 g/mol. The fourth-order valence-electron chi connectivity index (χ4n) is 4.81. The lowest BCUT2D eigenvalue weighted by molar-refractivity contribution is -0.156. The van der Waals surface area contributed by atoms with Gasteiger partial charge < -0.3 is 39.3 Å². The Kier molecular flexibility index (Phi) is 16.5. The molecule has 0 saturated heterocycles. The third-order valence-corrected chi connectivity index (χ3v) is 10.5. The van der Waals surface area contributed by atoms with Crippen LogP contribution in [0.3, 0.4) is 0 Å². The number of alkyl halides is 3. The van der Waals surface area contributed by atoms with E-state index in [1.165, 1.54) is 11.8 Å². The van der Waals surface area contributed by atoms with Crippen molar-refractivity contribution in [2.45, 2.75) is 112 Å². The van der Waals surface area contributed by atoms with E-state index in [0.29, 0.717) is 33.8 Å². The van der Waals surface area contributed by atoms with Crippen molar-refractivity contribution in [3.63, 3.8) is 0 Å². The van der Waals surface area contributed by atoms with E-state index >= 15 is 0 Å². The van der Waals surface area contributed by atoms with Crippen LogP contribution in [0.4, 0.5) is 9.59 Å². The van der Waals surface area contributed by atoms with Crippen molar-refractivity contribution in [1.82, 2.24) is 15.6 Å². The van der Waals surface area contributed by atoms with E-state index in [2.05, 4.69) is 35.3 Å². The topological polar surface area (TPSA) is 154 Å². The first-order valence-electron chi connectivity index (χ1n) is 17.7. The van der Waals surface area contributed by atoms with Crippen LogP contribution in [0.25, 0.3) is 10.9 Å². The highest BCUT2D eigenvalue weighted by atomic mass is 35.6. The van der Waals surface area contributed by atoms with E-state index < -0.39 is 65.9 Å². The summed E-state index contributed by atoms with van der Waals surface area (Å²) in [7, 11) is -1.53. The molecule has 0 spiro atoms. The van der Waals surface area contributed by atoms with Crippen molar-refractivity contribution in [1.29, 1.82) is 0 Å². The molecule has 0 fully saturated rings. The summed E-state index contributed by atoms with van der Waals surface area (Å²) in [6.45, 7) is 16.7. The molecule has 55 heavy (non-hydrogen) atoms. The Hall–Kier alpha value is -3.30. The van der Waals surface area contributed by atoms with Gasteiger partial charge in [-0.05, 0) is 70.8 Å². The molecule has 3 rings (SSSR count). The highest BCUT2D eigenvalue weighted by Crippen LogP contribution is 2.34. The summed E-state index contributed by atoms with van der Waals surface area (Å²) in [6.07, 6.45) is -1.70. The number of aromatic nitrogens is 1. The molecule has 2 atom stereocenters. The van der Waals surface area contributed by atoms with Crippen LogP contribution in [0.2, 0.25) is 25.7 Å². The minimum Gasteiger partial charge on any atom is -0.489 e. The number of halogens is 3. The Morgan fingerprint density at radius 3 is 2.05 bits per heavy atom. The smallest absolute Gasteiger partial charge is 0.408 e. The lowest BCUT2D eigenvalue weighted by atomic mass is 10.0. The second kappa shape index (κ2) is 19.7. The number of aromatic amines is 1. The van der Waals surface area contributed by atoms with E-state index in [1.54, 1.807) is 47.6 Å². The summed E-state index contributed by atoms with van der Waals surface area (Å²) in [5, 5.41) is 6.49. The third kappa shape index (κ3) is 17.6. The molecule has 304 valence electrons. The maximum absolute atomic E-state index is 13.5. The van der Waals surface area contributed by atoms with Crippen molar-refractivity contribution in [2.75, 3.05) is 19.0 Å². The summed E-state index contributed by atoms with van der Waals surface area (Å²) in [5.41, 5.74) is 0.558. The third-order valence-electron chi connectivity index (χ3n) is 7.31. The van der Waals surface area contributed by atoms with Crippen LogP contribution in [-0.2, 0) is 41.6 Å². The predicted octanol–water partition coefficient (Wildman–Crippen LogP) is 8.96. The minimum absolute atomic E-state index is 0.000117. The monoisotopic (exact) mass is 859 g/mol. The molecule has 2 aromatic carbocycles. The van der Waals surface area contributed by atoms with Crippen LogP contribution < -0.4 is 15.4 Å². The second-order valence-corrected chi connectivity index (χ2v) is 25.2. The van der Waals surface area contributed by atoms with E-state index in [1.807, 2.05) is 42.5 Å². The number of rotatable bonds is 16. The van der Waals surface area contributed by atoms with Gasteiger partial charge in [0.25, 0.3) is 0 Å². The molecule has 0 aliphatic heterocycles. The number of carbonyl (C=O) groups excluding carboxylic acids is 4. The van der Waals surface area contributed by atoms with Gasteiger partial charge in [0.15, 0.2) is 0 Å². The first kappa shape index (κ1) is 46.1. The van der Waals surface area contributed by atoms with Crippen molar-refractivity contribution in [3.8, 4) is 5.75 Å². The number of ether oxygens (including phenoxy) is 5. The van der Waals surface area contributed by atoms with Gasteiger partial charge in [-0.3, -0.25) is 0 Å². The zero-order valence-electron chi connectivity index (χ0n) is 32.7. The number of fused-ring (bicyclic) bond motifs is 1. The number of hydrogen-bond donors (Lipinski definition) is 3. The number of amides is 2. The van der Waals surface area contributed by atoms with E-state index in [0.717, 1.165) is 11.6 Å². The molecule has 12 nitrogen and oxygen atoms in total. The average Bonchev–Trinajstić information content (AvgIpc) is 3.38. The number of nitrogens with one attached hydrogen (secondary N) is 3. The number of carbonyl (C=O) groups is 4. The molecule has 0 radical (unpaired) electrons. The molecule has 0 bridgehead atoms. The molecule has 17 heteroatoms. The van der Waals surface area contributed by atoms with Crippen molar-refractivity contribution >= 4 is 89.7 Å². The van der Waals surface area contributed by atoms with Gasteiger partial charge in [0.05, 0.1) is 17.1 Å². The van der Waals surface area contributed by atoms with Gasteiger partial charge in [-0.25, -0.2) is 19.2 Å². The Morgan fingerprint density at radius 2 is 1.45 bits per heavy atom. The van der Waals surface area contributed by atoms with Crippen molar-refractivity contribution in [2.24, 2.45) is 0 Å². The van der Waals surface area contributed by atoms with Crippen LogP contribution in [0.5, 0.6) is 5.75 Å². The molecule has 0 aliphatic carbocycles. The molecule has 0 saturated carbocycles. The number of esters is 2. The van der Waals surface area contributed by atoms with E-state index in [9.17, 15) is 19.2 Å². The molecule has 1 aromatic heterocycles. The molecule has 2 amide bonds. The van der Waals surface area contributed by atoms with Gasteiger partial charge in [-0.1, -0.05) is 84.8 Å². The summed E-state index contributed by atoms with van der Waals surface area (Å²) < 4.78 is 26.0. The normalized spacial score (nSPS) is 13.4. The number of hydrogen-bond acceptors (Lipinski definition) is 10. The summed E-state index contributed by atoms with van der Waals surface area (Å²) in [5.74, 6) is -0.961. The van der Waals surface area contributed by atoms with Crippen molar-refractivity contribution in [3.05, 3.63) is 59.7 Å². The fourth-order valence-corrected chi connectivity index (χ4v) is 6.79. The minimum atomic E-state index is -1.90. The highest BCUT2D eigenvalue weighted by Gasteiger charge is 2.32. The van der Waals surface area contributed by atoms with Gasteiger partial charge in [-0.2, -0.15) is 0 Å². The highest BCUT2D eigenvalue weighted by molar-refractivity contribution is 7.99. The van der Waals surface area contributed by atoms with E-state index in [4.69, 9.17) is 58.5 Å². The van der Waals surface area contributed by atoms with Gasteiger partial charge in [0, 0.05) is 31.7 Å². The van der Waals surface area contributed by atoms with Crippen LogP contribution in [0, 0.1) is 0 Å². The number of thioether (sulfide) groups is 1. The first-order valence-corrected chi connectivity index (χ1v) is 23.5. The summed E-state index contributed by atoms with van der Waals surface area (Å²) in [6, 6.07) is 13.4. The van der Waals surface area contributed by atoms with Gasteiger partial charge >= 0.3 is 24.1 Å². The van der Waals surface area contributed by atoms with Gasteiger partial charge in [-0.15, -0.1) is 11.8 Å². The lowest BCUT2D eigenvalue weighted by Gasteiger charge is -2.26. The second-order valence-electron chi connectivity index (χ2n) is 16.0. The van der Waals surface area contributed by atoms with Crippen LogP contribution in [0.15, 0.2) is 53.6 Å².